The highest BCUT2D eigenvalue weighted by atomic mass is 33.1. The molecule has 2 N–H and O–H groups in total. The SMILES string of the molecule is Nc1ccc(-c2cccc3sc(SS)nc23)cc1. The zero-order chi connectivity index (χ0) is 12.5. The number of thiazole rings is 1. The van der Waals surface area contributed by atoms with E-state index in [4.69, 9.17) is 5.73 Å². The van der Waals surface area contributed by atoms with Gasteiger partial charge in [0.05, 0.1) is 10.2 Å². The molecule has 0 radical (unpaired) electrons. The van der Waals surface area contributed by atoms with Crippen molar-refractivity contribution in [2.75, 3.05) is 5.73 Å². The van der Waals surface area contributed by atoms with Gasteiger partial charge in [-0.05, 0) is 34.6 Å². The van der Waals surface area contributed by atoms with Crippen molar-refractivity contribution in [3.8, 4) is 11.1 Å². The third-order valence-electron chi connectivity index (χ3n) is 2.70. The highest BCUT2D eigenvalue weighted by molar-refractivity contribution is 8.69. The number of hydrogen-bond donors (Lipinski definition) is 2. The van der Waals surface area contributed by atoms with Crippen molar-refractivity contribution in [1.82, 2.24) is 4.98 Å². The zero-order valence-electron chi connectivity index (χ0n) is 9.33. The molecule has 0 fully saturated rings. The van der Waals surface area contributed by atoms with Crippen LogP contribution in [0.15, 0.2) is 46.8 Å². The van der Waals surface area contributed by atoms with Crippen LogP contribution in [0, 0.1) is 0 Å². The van der Waals surface area contributed by atoms with Gasteiger partial charge < -0.3 is 5.73 Å². The first-order chi connectivity index (χ1) is 8.78. The minimum absolute atomic E-state index is 0.774. The monoisotopic (exact) mass is 290 g/mol. The fourth-order valence-electron chi connectivity index (χ4n) is 1.86. The topological polar surface area (TPSA) is 38.9 Å². The lowest BCUT2D eigenvalue weighted by Crippen LogP contribution is -1.84. The first kappa shape index (κ1) is 11.9. The van der Waals surface area contributed by atoms with Crippen molar-refractivity contribution in [1.29, 1.82) is 0 Å². The molecule has 0 atom stereocenters. The smallest absolute Gasteiger partial charge is 0.161 e. The van der Waals surface area contributed by atoms with Crippen molar-refractivity contribution in [3.63, 3.8) is 0 Å². The van der Waals surface area contributed by atoms with E-state index >= 15 is 0 Å². The predicted octanol–water partition coefficient (Wildman–Crippen LogP) is 4.48. The second-order valence-electron chi connectivity index (χ2n) is 3.85. The molecular weight excluding hydrogens is 280 g/mol. The van der Waals surface area contributed by atoms with Crippen molar-refractivity contribution < 1.29 is 0 Å². The van der Waals surface area contributed by atoms with E-state index in [1.165, 1.54) is 15.5 Å². The molecule has 0 amide bonds. The lowest BCUT2D eigenvalue weighted by atomic mass is 10.0. The summed E-state index contributed by atoms with van der Waals surface area (Å²) in [4.78, 5) is 4.60. The number of para-hydroxylation sites is 1. The maximum Gasteiger partial charge on any atom is 0.161 e. The maximum atomic E-state index is 5.72. The van der Waals surface area contributed by atoms with Gasteiger partial charge in [0, 0.05) is 11.3 Å². The second kappa shape index (κ2) is 4.84. The van der Waals surface area contributed by atoms with Gasteiger partial charge in [0.15, 0.2) is 4.34 Å². The Hall–Kier alpha value is -1.17. The molecule has 0 aliphatic carbocycles. The van der Waals surface area contributed by atoms with Crippen LogP contribution < -0.4 is 5.73 Å². The molecule has 0 spiro atoms. The highest BCUT2D eigenvalue weighted by Crippen LogP contribution is 2.36. The quantitative estimate of drug-likeness (QED) is 0.415. The predicted molar refractivity (Wildman–Crippen MR) is 84.3 cm³/mol. The number of thiol groups is 1. The maximum absolute atomic E-state index is 5.72. The van der Waals surface area contributed by atoms with E-state index in [9.17, 15) is 0 Å². The summed E-state index contributed by atoms with van der Waals surface area (Å²) in [6.07, 6.45) is 0. The summed E-state index contributed by atoms with van der Waals surface area (Å²) in [5.41, 5.74) is 9.79. The Kier molecular flexibility index (Phi) is 3.20. The number of nitrogen functional groups attached to an aromatic ring is 1. The number of benzene rings is 2. The van der Waals surface area contributed by atoms with E-state index in [1.807, 2.05) is 24.3 Å². The molecule has 3 aromatic rings. The average Bonchev–Trinajstić information content (AvgIpc) is 2.82. The molecule has 5 heteroatoms. The van der Waals surface area contributed by atoms with E-state index < -0.39 is 0 Å². The van der Waals surface area contributed by atoms with Gasteiger partial charge in [0.2, 0.25) is 0 Å². The van der Waals surface area contributed by atoms with Gasteiger partial charge in [0.25, 0.3) is 0 Å². The first-order valence-corrected chi connectivity index (χ1v) is 8.03. The van der Waals surface area contributed by atoms with E-state index in [0.29, 0.717) is 0 Å². The van der Waals surface area contributed by atoms with Crippen LogP contribution in [-0.2, 0) is 0 Å². The lowest BCUT2D eigenvalue weighted by Gasteiger charge is -2.02. The summed E-state index contributed by atoms with van der Waals surface area (Å²) >= 11 is 5.86. The highest BCUT2D eigenvalue weighted by Gasteiger charge is 2.09. The normalized spacial score (nSPS) is 10.9. The van der Waals surface area contributed by atoms with Crippen molar-refractivity contribution in [2.45, 2.75) is 4.34 Å². The number of nitrogens with zero attached hydrogens (tertiary/aromatic N) is 1. The number of aromatic nitrogens is 1. The fourth-order valence-corrected chi connectivity index (χ4v) is 3.60. The molecule has 2 aromatic carbocycles. The van der Waals surface area contributed by atoms with Crippen LogP contribution in [0.4, 0.5) is 5.69 Å². The summed E-state index contributed by atoms with van der Waals surface area (Å²) in [6.45, 7) is 0. The number of fused-ring (bicyclic) bond motifs is 1. The van der Waals surface area contributed by atoms with E-state index in [2.05, 4.69) is 34.8 Å². The molecule has 0 saturated heterocycles. The number of nitrogens with two attached hydrogens (primary N) is 1. The number of rotatable bonds is 2. The molecule has 1 heterocycles. The van der Waals surface area contributed by atoms with Gasteiger partial charge >= 0.3 is 0 Å². The molecular formula is C13H10N2S3. The first-order valence-electron chi connectivity index (χ1n) is 5.35. The van der Waals surface area contributed by atoms with Crippen LogP contribution in [0.3, 0.4) is 0 Å². The van der Waals surface area contributed by atoms with E-state index in [1.54, 1.807) is 11.3 Å². The summed E-state index contributed by atoms with van der Waals surface area (Å²) in [6, 6.07) is 14.1. The standard InChI is InChI=1S/C13H10N2S3/c14-9-6-4-8(5-7-9)10-2-1-3-11-12(10)15-13(17-11)18-16/h1-7,16H,14H2. The molecule has 90 valence electrons. The van der Waals surface area contributed by atoms with Gasteiger partial charge in [-0.3, -0.25) is 0 Å². The number of anilines is 1. The Morgan fingerprint density at radius 2 is 1.89 bits per heavy atom. The van der Waals surface area contributed by atoms with Crippen LogP contribution in [-0.4, -0.2) is 4.98 Å². The van der Waals surface area contributed by atoms with Gasteiger partial charge in [-0.1, -0.05) is 24.3 Å². The molecule has 0 bridgehead atoms. The summed E-state index contributed by atoms with van der Waals surface area (Å²) in [5.74, 6) is 0. The van der Waals surface area contributed by atoms with Crippen molar-refractivity contribution in [2.24, 2.45) is 0 Å². The molecule has 0 unspecified atom stereocenters. The number of hydrogen-bond acceptors (Lipinski definition) is 5. The van der Waals surface area contributed by atoms with Gasteiger partial charge in [-0.25, -0.2) is 4.98 Å². The Balaban J connectivity index is 2.22. The molecule has 0 aliphatic rings. The summed E-state index contributed by atoms with van der Waals surface area (Å²) in [7, 11) is 1.38. The summed E-state index contributed by atoms with van der Waals surface area (Å²) < 4.78 is 2.15. The van der Waals surface area contributed by atoms with Gasteiger partial charge in [0.1, 0.15) is 0 Å². The zero-order valence-corrected chi connectivity index (χ0v) is 11.9. The molecule has 2 nitrogen and oxygen atoms in total. The third-order valence-corrected chi connectivity index (χ3v) is 5.15. The Labute approximate surface area is 118 Å². The van der Waals surface area contributed by atoms with Gasteiger partial charge in [-0.15, -0.1) is 23.0 Å². The average molecular weight is 290 g/mol. The minimum atomic E-state index is 0.774. The third kappa shape index (κ3) is 2.09. The van der Waals surface area contributed by atoms with Crippen LogP contribution in [0.25, 0.3) is 21.3 Å². The Morgan fingerprint density at radius 1 is 1.11 bits per heavy atom. The van der Waals surface area contributed by atoms with E-state index in [-0.39, 0.29) is 0 Å². The van der Waals surface area contributed by atoms with Gasteiger partial charge in [-0.2, -0.15) is 0 Å². The second-order valence-corrected chi connectivity index (χ2v) is 6.25. The molecule has 3 rings (SSSR count). The summed E-state index contributed by atoms with van der Waals surface area (Å²) in [5, 5.41) is 0. The largest absolute Gasteiger partial charge is 0.399 e. The lowest BCUT2D eigenvalue weighted by molar-refractivity contribution is 1.31. The van der Waals surface area contributed by atoms with E-state index in [0.717, 1.165) is 26.7 Å². The molecule has 1 aromatic heterocycles. The van der Waals surface area contributed by atoms with Crippen molar-refractivity contribution >= 4 is 49.7 Å². The molecule has 0 aliphatic heterocycles. The van der Waals surface area contributed by atoms with Crippen LogP contribution in [0.5, 0.6) is 0 Å². The fraction of sp³-hybridized carbons (Fsp3) is 0. The molecule has 18 heavy (non-hydrogen) atoms. The minimum Gasteiger partial charge on any atom is -0.399 e. The Bertz CT molecular complexity index is 689. The van der Waals surface area contributed by atoms with Crippen molar-refractivity contribution in [3.05, 3.63) is 42.5 Å². The van der Waals surface area contributed by atoms with Crippen LogP contribution in [0.2, 0.25) is 0 Å². The van der Waals surface area contributed by atoms with Crippen LogP contribution >= 0.6 is 33.8 Å². The molecule has 0 saturated carbocycles. The Morgan fingerprint density at radius 3 is 2.61 bits per heavy atom. The van der Waals surface area contributed by atoms with Crippen LogP contribution in [0.1, 0.15) is 0 Å².